The van der Waals surface area contributed by atoms with Crippen LogP contribution >= 0.6 is 27.5 Å². The van der Waals surface area contributed by atoms with Crippen LogP contribution in [0.3, 0.4) is 0 Å². The number of rotatable bonds is 4. The Morgan fingerprint density at radius 3 is 2.63 bits per heavy atom. The van der Waals surface area contributed by atoms with Gasteiger partial charge in [0.1, 0.15) is 5.82 Å². The molecule has 0 amide bonds. The number of benzene rings is 2. The minimum absolute atomic E-state index is 0.175. The minimum atomic E-state index is -0.320. The molecule has 3 N–H and O–H groups in total. The summed E-state index contributed by atoms with van der Waals surface area (Å²) in [7, 11) is 0. The van der Waals surface area contributed by atoms with Gasteiger partial charge in [0.05, 0.1) is 6.04 Å². The van der Waals surface area contributed by atoms with Gasteiger partial charge in [-0.15, -0.1) is 0 Å². The average molecular weight is 344 g/mol. The maximum absolute atomic E-state index is 13.8. The van der Waals surface area contributed by atoms with Crippen LogP contribution in [0.5, 0.6) is 0 Å². The molecule has 0 saturated heterocycles. The molecule has 0 aromatic heterocycles. The molecule has 0 spiro atoms. The fourth-order valence-corrected chi connectivity index (χ4v) is 2.64. The highest BCUT2D eigenvalue weighted by Crippen LogP contribution is 2.26. The molecule has 0 heterocycles. The fourth-order valence-electron chi connectivity index (χ4n) is 1.92. The number of hydrogen-bond acceptors (Lipinski definition) is 2. The summed E-state index contributed by atoms with van der Waals surface area (Å²) in [5.41, 5.74) is 4.28. The van der Waals surface area contributed by atoms with Crippen molar-refractivity contribution in [3.05, 3.63) is 68.9 Å². The van der Waals surface area contributed by atoms with E-state index in [4.69, 9.17) is 17.4 Å². The van der Waals surface area contributed by atoms with E-state index in [0.717, 1.165) is 10.0 Å². The van der Waals surface area contributed by atoms with E-state index < -0.39 is 0 Å². The number of nitrogens with two attached hydrogens (primary N) is 1. The quantitative estimate of drug-likeness (QED) is 0.651. The lowest BCUT2D eigenvalue weighted by Crippen LogP contribution is -2.30. The third-order valence-corrected chi connectivity index (χ3v) is 3.88. The van der Waals surface area contributed by atoms with Gasteiger partial charge >= 0.3 is 0 Å². The van der Waals surface area contributed by atoms with Crippen molar-refractivity contribution in [2.45, 2.75) is 12.5 Å². The van der Waals surface area contributed by atoms with Gasteiger partial charge in [0.25, 0.3) is 0 Å². The van der Waals surface area contributed by atoms with Crippen molar-refractivity contribution in [2.75, 3.05) is 0 Å². The van der Waals surface area contributed by atoms with Crippen LogP contribution in [-0.4, -0.2) is 0 Å². The molecular formula is C14H13BrClFN2. The van der Waals surface area contributed by atoms with Crippen LogP contribution in [0, 0.1) is 5.82 Å². The second-order valence-electron chi connectivity index (χ2n) is 4.18. The van der Waals surface area contributed by atoms with Crippen LogP contribution in [0.15, 0.2) is 46.9 Å². The summed E-state index contributed by atoms with van der Waals surface area (Å²) in [6.07, 6.45) is 0.447. The van der Waals surface area contributed by atoms with E-state index in [1.165, 1.54) is 6.07 Å². The number of hydrazine groups is 1. The van der Waals surface area contributed by atoms with Gasteiger partial charge in [0, 0.05) is 9.50 Å². The zero-order valence-electron chi connectivity index (χ0n) is 10.0. The first kappa shape index (κ1) is 14.5. The molecule has 1 unspecified atom stereocenters. The molecule has 0 radical (unpaired) electrons. The lowest BCUT2D eigenvalue weighted by molar-refractivity contribution is 0.527. The van der Waals surface area contributed by atoms with E-state index in [9.17, 15) is 4.39 Å². The predicted molar refractivity (Wildman–Crippen MR) is 79.3 cm³/mol. The van der Waals surface area contributed by atoms with Crippen LogP contribution in [0.25, 0.3) is 0 Å². The van der Waals surface area contributed by atoms with Crippen LogP contribution in [0.4, 0.5) is 4.39 Å². The molecule has 0 aliphatic heterocycles. The molecule has 2 rings (SSSR count). The summed E-state index contributed by atoms with van der Waals surface area (Å²) in [5.74, 6) is 5.26. The average Bonchev–Trinajstić information content (AvgIpc) is 2.39. The highest BCUT2D eigenvalue weighted by Gasteiger charge is 2.15. The number of nitrogens with one attached hydrogen (secondary N) is 1. The highest BCUT2D eigenvalue weighted by atomic mass is 79.9. The first-order chi connectivity index (χ1) is 9.11. The second-order valence-corrected chi connectivity index (χ2v) is 5.47. The highest BCUT2D eigenvalue weighted by molar-refractivity contribution is 9.10. The lowest BCUT2D eigenvalue weighted by Gasteiger charge is -2.18. The first-order valence-electron chi connectivity index (χ1n) is 5.76. The Labute approximate surface area is 124 Å². The predicted octanol–water partition coefficient (Wildman–Crippen LogP) is 3.99. The third-order valence-electron chi connectivity index (χ3n) is 2.92. The summed E-state index contributed by atoms with van der Waals surface area (Å²) >= 11 is 9.21. The lowest BCUT2D eigenvalue weighted by atomic mass is 9.99. The molecule has 2 aromatic carbocycles. The molecule has 5 heteroatoms. The monoisotopic (exact) mass is 342 g/mol. The Morgan fingerprint density at radius 1 is 1.26 bits per heavy atom. The largest absolute Gasteiger partial charge is 0.271 e. The summed E-state index contributed by atoms with van der Waals surface area (Å²) in [6.45, 7) is 0. The fraction of sp³-hybridized carbons (Fsp3) is 0.143. The SMILES string of the molecule is NNC(Cc1ccc(Cl)cc1F)c1ccccc1Br. The van der Waals surface area contributed by atoms with Crippen LogP contribution in [-0.2, 0) is 6.42 Å². The van der Waals surface area contributed by atoms with E-state index in [1.54, 1.807) is 12.1 Å². The van der Waals surface area contributed by atoms with Gasteiger partial charge in [0.15, 0.2) is 0 Å². The zero-order valence-corrected chi connectivity index (χ0v) is 12.4. The minimum Gasteiger partial charge on any atom is -0.271 e. The van der Waals surface area contributed by atoms with Gasteiger partial charge in [0.2, 0.25) is 0 Å². The van der Waals surface area contributed by atoms with Crippen molar-refractivity contribution >= 4 is 27.5 Å². The summed E-state index contributed by atoms with van der Waals surface area (Å²) in [6, 6.07) is 12.2. The molecule has 0 aliphatic rings. The summed E-state index contributed by atoms with van der Waals surface area (Å²) in [5, 5.41) is 0.388. The maximum atomic E-state index is 13.8. The van der Waals surface area contributed by atoms with Crippen molar-refractivity contribution in [3.63, 3.8) is 0 Å². The molecule has 2 nitrogen and oxygen atoms in total. The van der Waals surface area contributed by atoms with Crippen molar-refractivity contribution in [2.24, 2.45) is 5.84 Å². The standard InChI is InChI=1S/C14H13BrClFN2/c15-12-4-2-1-3-11(12)14(19-18)7-9-5-6-10(16)8-13(9)17/h1-6,8,14,19H,7,18H2. The third kappa shape index (κ3) is 3.54. The van der Waals surface area contributed by atoms with Gasteiger partial charge in [-0.2, -0.15) is 0 Å². The van der Waals surface area contributed by atoms with E-state index in [1.807, 2.05) is 24.3 Å². The molecule has 0 saturated carbocycles. The molecule has 1 atom stereocenters. The molecule has 0 bridgehead atoms. The van der Waals surface area contributed by atoms with E-state index in [2.05, 4.69) is 21.4 Å². The number of hydrogen-bond donors (Lipinski definition) is 2. The van der Waals surface area contributed by atoms with Crippen molar-refractivity contribution < 1.29 is 4.39 Å². The molecule has 0 fully saturated rings. The second kappa shape index (κ2) is 6.48. The van der Waals surface area contributed by atoms with E-state index in [-0.39, 0.29) is 11.9 Å². The number of halogens is 3. The Balaban J connectivity index is 2.27. The van der Waals surface area contributed by atoms with Crippen molar-refractivity contribution in [1.29, 1.82) is 0 Å². The molecule has 100 valence electrons. The Kier molecular flexibility index (Phi) is 4.93. The smallest absolute Gasteiger partial charge is 0.127 e. The van der Waals surface area contributed by atoms with Gasteiger partial charge < -0.3 is 0 Å². The zero-order chi connectivity index (χ0) is 13.8. The molecule has 19 heavy (non-hydrogen) atoms. The van der Waals surface area contributed by atoms with Gasteiger partial charge in [-0.1, -0.05) is 51.8 Å². The Morgan fingerprint density at radius 2 is 2.00 bits per heavy atom. The van der Waals surface area contributed by atoms with Crippen molar-refractivity contribution in [3.8, 4) is 0 Å². The maximum Gasteiger partial charge on any atom is 0.127 e. The molecule has 0 aliphatic carbocycles. The Hall–Kier alpha value is -0.940. The van der Waals surface area contributed by atoms with Gasteiger partial charge in [-0.3, -0.25) is 11.3 Å². The first-order valence-corrected chi connectivity index (χ1v) is 6.93. The topological polar surface area (TPSA) is 38.0 Å². The van der Waals surface area contributed by atoms with Gasteiger partial charge in [-0.05, 0) is 35.7 Å². The summed E-state index contributed by atoms with van der Waals surface area (Å²) < 4.78 is 14.7. The van der Waals surface area contributed by atoms with Crippen molar-refractivity contribution in [1.82, 2.24) is 5.43 Å². The van der Waals surface area contributed by atoms with Crippen LogP contribution in [0.2, 0.25) is 5.02 Å². The van der Waals surface area contributed by atoms with E-state index >= 15 is 0 Å². The van der Waals surface area contributed by atoms with Crippen LogP contribution in [0.1, 0.15) is 17.2 Å². The molecule has 2 aromatic rings. The van der Waals surface area contributed by atoms with Crippen LogP contribution < -0.4 is 11.3 Å². The van der Waals surface area contributed by atoms with E-state index in [0.29, 0.717) is 17.0 Å². The molecular weight excluding hydrogens is 331 g/mol. The summed E-state index contributed by atoms with van der Waals surface area (Å²) in [4.78, 5) is 0. The van der Waals surface area contributed by atoms with Gasteiger partial charge in [-0.25, -0.2) is 4.39 Å². The Bertz CT molecular complexity index is 577. The normalized spacial score (nSPS) is 12.4.